The lowest BCUT2D eigenvalue weighted by atomic mass is 9.86. The fourth-order valence-electron chi connectivity index (χ4n) is 2.70. The fraction of sp³-hybridized carbons (Fsp3) is 0.600. The molecule has 18 heavy (non-hydrogen) atoms. The van der Waals surface area contributed by atoms with Crippen LogP contribution in [0.1, 0.15) is 37.8 Å². The summed E-state index contributed by atoms with van der Waals surface area (Å²) in [4.78, 5) is 6.68. The van der Waals surface area contributed by atoms with Gasteiger partial charge < -0.3 is 4.90 Å². The van der Waals surface area contributed by atoms with Crippen LogP contribution < -0.4 is 4.90 Å². The quantitative estimate of drug-likeness (QED) is 0.801. The molecule has 1 saturated heterocycles. The summed E-state index contributed by atoms with van der Waals surface area (Å²) in [5.41, 5.74) is 1.76. The first-order chi connectivity index (χ1) is 8.63. The molecule has 96 valence electrons. The van der Waals surface area contributed by atoms with E-state index in [4.69, 9.17) is 0 Å². The van der Waals surface area contributed by atoms with E-state index in [1.165, 1.54) is 12.8 Å². The van der Waals surface area contributed by atoms with Crippen LogP contribution in [0.25, 0.3) is 0 Å². The van der Waals surface area contributed by atoms with Crippen molar-refractivity contribution in [2.45, 2.75) is 33.6 Å². The zero-order valence-electron chi connectivity index (χ0n) is 11.5. The third kappa shape index (κ3) is 2.48. The predicted molar refractivity (Wildman–Crippen MR) is 73.5 cm³/mol. The second-order valence-corrected chi connectivity index (χ2v) is 5.51. The normalized spacial score (nSPS) is 16.9. The van der Waals surface area contributed by atoms with E-state index in [0.29, 0.717) is 0 Å². The Bertz CT molecular complexity index is 451. The first-order valence-corrected chi connectivity index (χ1v) is 6.74. The lowest BCUT2D eigenvalue weighted by Crippen LogP contribution is -2.36. The summed E-state index contributed by atoms with van der Waals surface area (Å²) in [6.07, 6.45) is 4.22. The molecular weight excluding hydrogens is 222 g/mol. The van der Waals surface area contributed by atoms with Crippen molar-refractivity contribution in [1.82, 2.24) is 4.98 Å². The monoisotopic (exact) mass is 243 g/mol. The Morgan fingerprint density at radius 3 is 2.61 bits per heavy atom. The van der Waals surface area contributed by atoms with E-state index >= 15 is 0 Å². The minimum Gasteiger partial charge on any atom is -0.355 e. The Morgan fingerprint density at radius 1 is 1.39 bits per heavy atom. The molecule has 0 atom stereocenters. The van der Waals surface area contributed by atoms with Crippen molar-refractivity contribution in [2.75, 3.05) is 18.0 Å². The van der Waals surface area contributed by atoms with Crippen molar-refractivity contribution in [1.29, 1.82) is 5.26 Å². The van der Waals surface area contributed by atoms with Gasteiger partial charge >= 0.3 is 0 Å². The smallest absolute Gasteiger partial charge is 0.146 e. The number of anilines is 1. The molecule has 0 spiro atoms. The molecule has 0 N–H and O–H groups in total. The highest BCUT2D eigenvalue weighted by Crippen LogP contribution is 2.29. The Kier molecular flexibility index (Phi) is 3.86. The second-order valence-electron chi connectivity index (χ2n) is 5.51. The van der Waals surface area contributed by atoms with E-state index in [-0.39, 0.29) is 0 Å². The van der Waals surface area contributed by atoms with Gasteiger partial charge in [0, 0.05) is 19.3 Å². The topological polar surface area (TPSA) is 39.9 Å². The molecular formula is C15H21N3. The molecule has 0 aromatic carbocycles. The third-order valence-electron chi connectivity index (χ3n) is 4.03. The van der Waals surface area contributed by atoms with E-state index in [0.717, 1.165) is 41.9 Å². The zero-order chi connectivity index (χ0) is 13.1. The molecule has 2 heterocycles. The highest BCUT2D eigenvalue weighted by Gasteiger charge is 2.24. The molecule has 1 aliphatic heterocycles. The Hall–Kier alpha value is -1.56. The highest BCUT2D eigenvalue weighted by atomic mass is 15.2. The number of piperidine rings is 1. The molecule has 0 unspecified atom stereocenters. The lowest BCUT2D eigenvalue weighted by molar-refractivity contribution is 0.310. The van der Waals surface area contributed by atoms with Crippen LogP contribution in [0.15, 0.2) is 12.3 Å². The van der Waals surface area contributed by atoms with E-state index < -0.39 is 0 Å². The molecule has 3 nitrogen and oxygen atoms in total. The number of nitrogens with zero attached hydrogens (tertiary/aromatic N) is 3. The maximum absolute atomic E-state index is 9.25. The summed E-state index contributed by atoms with van der Waals surface area (Å²) in [7, 11) is 0. The van der Waals surface area contributed by atoms with E-state index in [9.17, 15) is 5.26 Å². The van der Waals surface area contributed by atoms with Crippen LogP contribution in [0, 0.1) is 30.1 Å². The second kappa shape index (κ2) is 5.39. The molecule has 0 amide bonds. The Balaban J connectivity index is 2.15. The van der Waals surface area contributed by atoms with Crippen molar-refractivity contribution in [3.63, 3.8) is 0 Å². The Morgan fingerprint density at radius 2 is 2.06 bits per heavy atom. The summed E-state index contributed by atoms with van der Waals surface area (Å²) in [6.45, 7) is 8.62. The molecule has 0 bridgehead atoms. The minimum absolute atomic E-state index is 0.737. The number of hydrogen-bond acceptors (Lipinski definition) is 3. The van der Waals surface area contributed by atoms with Crippen LogP contribution in [-0.4, -0.2) is 18.1 Å². The van der Waals surface area contributed by atoms with E-state index in [1.54, 1.807) is 6.20 Å². The number of aromatic nitrogens is 1. The number of hydrogen-bond donors (Lipinski definition) is 0. The molecule has 0 saturated carbocycles. The highest BCUT2D eigenvalue weighted by molar-refractivity contribution is 5.57. The van der Waals surface area contributed by atoms with Crippen LogP contribution in [0.4, 0.5) is 5.82 Å². The standard InChI is InChI=1S/C15H21N3/c1-11(2)13-5-8-18(9-6-13)15-14(10-16)12(3)4-7-17-15/h4,7,11,13H,5-6,8-9H2,1-3H3. The van der Waals surface area contributed by atoms with Crippen molar-refractivity contribution in [2.24, 2.45) is 11.8 Å². The van der Waals surface area contributed by atoms with Gasteiger partial charge in [-0.15, -0.1) is 0 Å². The molecule has 1 fully saturated rings. The molecule has 2 rings (SSSR count). The largest absolute Gasteiger partial charge is 0.355 e. The van der Waals surface area contributed by atoms with Gasteiger partial charge in [0.1, 0.15) is 11.9 Å². The fourth-order valence-corrected chi connectivity index (χ4v) is 2.70. The number of nitriles is 1. The van der Waals surface area contributed by atoms with Gasteiger partial charge in [-0.1, -0.05) is 13.8 Å². The van der Waals surface area contributed by atoms with Crippen molar-refractivity contribution in [3.05, 3.63) is 23.4 Å². The lowest BCUT2D eigenvalue weighted by Gasteiger charge is -2.35. The first-order valence-electron chi connectivity index (χ1n) is 6.74. The average molecular weight is 243 g/mol. The zero-order valence-corrected chi connectivity index (χ0v) is 11.5. The molecule has 1 aliphatic rings. The summed E-state index contributed by atoms with van der Waals surface area (Å²) >= 11 is 0. The Labute approximate surface area is 109 Å². The SMILES string of the molecule is Cc1ccnc(N2CCC(C(C)C)CC2)c1C#N. The molecule has 1 aromatic rings. The number of rotatable bonds is 2. The first kappa shape index (κ1) is 12.9. The summed E-state index contributed by atoms with van der Waals surface area (Å²) in [5.74, 6) is 2.45. The predicted octanol–water partition coefficient (Wildman–Crippen LogP) is 3.13. The molecule has 0 radical (unpaired) electrons. The van der Waals surface area contributed by atoms with Crippen LogP contribution in [0.5, 0.6) is 0 Å². The van der Waals surface area contributed by atoms with Gasteiger partial charge in [0.2, 0.25) is 0 Å². The van der Waals surface area contributed by atoms with Crippen LogP contribution in [0.2, 0.25) is 0 Å². The summed E-state index contributed by atoms with van der Waals surface area (Å²) in [6, 6.07) is 4.20. The molecule has 0 aliphatic carbocycles. The van der Waals surface area contributed by atoms with Gasteiger partial charge in [0.05, 0.1) is 5.56 Å². The van der Waals surface area contributed by atoms with Crippen molar-refractivity contribution in [3.8, 4) is 6.07 Å². The molecule has 1 aromatic heterocycles. The van der Waals surface area contributed by atoms with Gasteiger partial charge in [-0.2, -0.15) is 5.26 Å². The van der Waals surface area contributed by atoms with Crippen LogP contribution in [-0.2, 0) is 0 Å². The maximum Gasteiger partial charge on any atom is 0.146 e. The summed E-state index contributed by atoms with van der Waals surface area (Å²) in [5, 5.41) is 9.25. The van der Waals surface area contributed by atoms with E-state index in [1.807, 2.05) is 13.0 Å². The van der Waals surface area contributed by atoms with Gasteiger partial charge in [-0.3, -0.25) is 0 Å². The van der Waals surface area contributed by atoms with Gasteiger partial charge in [0.15, 0.2) is 0 Å². The van der Waals surface area contributed by atoms with Crippen LogP contribution >= 0.6 is 0 Å². The van der Waals surface area contributed by atoms with Crippen LogP contribution in [0.3, 0.4) is 0 Å². The minimum atomic E-state index is 0.737. The van der Waals surface area contributed by atoms with E-state index in [2.05, 4.69) is 29.8 Å². The summed E-state index contributed by atoms with van der Waals surface area (Å²) < 4.78 is 0. The maximum atomic E-state index is 9.25. The number of pyridine rings is 1. The average Bonchev–Trinajstić information content (AvgIpc) is 2.38. The van der Waals surface area contributed by atoms with Crippen molar-refractivity contribution < 1.29 is 0 Å². The number of aryl methyl sites for hydroxylation is 1. The van der Waals surface area contributed by atoms with Gasteiger partial charge in [-0.25, -0.2) is 4.98 Å². The molecule has 3 heteroatoms. The van der Waals surface area contributed by atoms with Gasteiger partial charge in [0.25, 0.3) is 0 Å². The van der Waals surface area contributed by atoms with Crippen molar-refractivity contribution >= 4 is 5.82 Å². The van der Waals surface area contributed by atoms with Gasteiger partial charge in [-0.05, 0) is 43.2 Å². The third-order valence-corrected chi connectivity index (χ3v) is 4.03.